The van der Waals surface area contributed by atoms with Crippen LogP contribution in [0.15, 0.2) is 164 Å². The Morgan fingerprint density at radius 3 is 1.12 bits per heavy atom. The Hall–Kier alpha value is -4.55. The quantitative estimate of drug-likeness (QED) is 0.0746. The zero-order chi connectivity index (χ0) is 60.7. The summed E-state index contributed by atoms with van der Waals surface area (Å²) < 4.78 is 13.0. The first-order valence-corrected chi connectivity index (χ1v) is 29.9. The summed E-state index contributed by atoms with van der Waals surface area (Å²) in [6.07, 6.45) is 5.81. The van der Waals surface area contributed by atoms with Crippen LogP contribution in [0, 0.1) is 5.92 Å². The molecule has 6 aromatic carbocycles. The average molecular weight is 1170 g/mol. The fraction of sp³-hybridized carbons (Fsp3) is 0.486. The molecule has 0 unspecified atom stereocenters. The first kappa shape index (κ1) is 69.2. The van der Waals surface area contributed by atoms with Gasteiger partial charge >= 0.3 is 0 Å². The molecule has 1 aliphatic heterocycles. The van der Waals surface area contributed by atoms with E-state index in [2.05, 4.69) is 106 Å². The normalized spacial score (nSPS) is 22.2. The topological polar surface area (TPSA) is 140 Å². The van der Waals surface area contributed by atoms with Crippen molar-refractivity contribution in [2.75, 3.05) is 13.2 Å². The first-order valence-electron chi connectivity index (χ1n) is 29.9. The maximum absolute atomic E-state index is 12.6. The Morgan fingerprint density at radius 2 is 0.807 bits per heavy atom. The number of rotatable bonds is 10. The Bertz CT molecular complexity index is 2810. The van der Waals surface area contributed by atoms with E-state index in [0.29, 0.717) is 40.2 Å². The van der Waals surface area contributed by atoms with Gasteiger partial charge in [0.1, 0.15) is 23.4 Å². The van der Waals surface area contributed by atoms with Crippen molar-refractivity contribution in [2.24, 2.45) is 5.92 Å². The molecule has 0 amide bonds. The number of aliphatic hydroxyl groups excluding tert-OH is 4. The molecular weight excluding hydrogens is 1060 g/mol. The van der Waals surface area contributed by atoms with Gasteiger partial charge in [0, 0.05) is 40.5 Å². The van der Waals surface area contributed by atoms with Crippen LogP contribution in [0.5, 0.6) is 0 Å². The minimum atomic E-state index is -1.60. The smallest absolute Gasteiger partial charge is 0.164 e. The van der Waals surface area contributed by atoms with Crippen LogP contribution in [0.1, 0.15) is 199 Å². The summed E-state index contributed by atoms with van der Waals surface area (Å²) in [7, 11) is 0. The predicted octanol–water partition coefficient (Wildman–Crippen LogP) is 14.9. The van der Waals surface area contributed by atoms with E-state index >= 15 is 0 Å². The number of ether oxygens (including phenoxy) is 2. The van der Waals surface area contributed by atoms with Crippen molar-refractivity contribution in [1.82, 2.24) is 0 Å². The summed E-state index contributed by atoms with van der Waals surface area (Å²) in [6, 6.07) is 51.7. The average Bonchev–Trinajstić information content (AvgIpc) is 1.91. The molecule has 10 rings (SSSR count). The van der Waals surface area contributed by atoms with Crippen molar-refractivity contribution < 1.29 is 61.8 Å². The number of fused-ring (bicyclic) bond motifs is 2. The molecule has 4 aliphatic rings. The number of allylic oxidation sites excluding steroid dienone is 1. The minimum absolute atomic E-state index is 0. The third-order valence-corrected chi connectivity index (χ3v) is 17.6. The van der Waals surface area contributed by atoms with Gasteiger partial charge < -0.3 is 40.1 Å². The molecule has 4 atom stereocenters. The molecule has 1 saturated heterocycles. The van der Waals surface area contributed by atoms with Crippen LogP contribution in [0.4, 0.5) is 0 Å². The molecule has 3 aliphatic carbocycles. The van der Waals surface area contributed by atoms with Gasteiger partial charge in [0.2, 0.25) is 0 Å². The monoisotopic (exact) mass is 1160 g/mol. The van der Waals surface area contributed by atoms with Crippen LogP contribution < -0.4 is 0 Å². The zero-order valence-electron chi connectivity index (χ0n) is 52.9. The van der Waals surface area contributed by atoms with E-state index in [0.717, 1.165) is 12.0 Å². The van der Waals surface area contributed by atoms with Gasteiger partial charge in [-0.15, -0.1) is 0 Å². The van der Waals surface area contributed by atoms with Crippen LogP contribution in [-0.4, -0.2) is 74.1 Å². The third kappa shape index (κ3) is 16.1. The van der Waals surface area contributed by atoms with E-state index in [4.69, 9.17) is 24.8 Å². The van der Waals surface area contributed by atoms with Crippen molar-refractivity contribution in [1.29, 1.82) is 0 Å². The van der Waals surface area contributed by atoms with Gasteiger partial charge in [-0.1, -0.05) is 226 Å². The third-order valence-electron chi connectivity index (χ3n) is 17.6. The maximum atomic E-state index is 12.6. The van der Waals surface area contributed by atoms with Gasteiger partial charge in [-0.3, -0.25) is 0 Å². The molecule has 83 heavy (non-hydrogen) atoms. The van der Waals surface area contributed by atoms with Crippen molar-refractivity contribution in [2.45, 2.75) is 211 Å². The second kappa shape index (κ2) is 27.9. The molecule has 0 radical (unpaired) electrons. The van der Waals surface area contributed by atoms with Gasteiger partial charge in [-0.2, -0.15) is 0 Å². The molecular formula is C74H100O8Ti. The Balaban J connectivity index is 0.000000225. The Kier molecular flexibility index (Phi) is 23.2. The van der Waals surface area contributed by atoms with Crippen LogP contribution >= 0.6 is 0 Å². The SMILES string of the molecule is C/C(=C/CO)c1ccc2c(c1)C(C)(C)CCC2(C)C.CC(C)O.CC(C)O.CC1(C)CCC(C)(C)c2cc([C@@]3(C)C[C@H]3CO)ccc21.CC1(C)O[C@@H](C(O)(c2ccccc2)c2ccccc2)[C@H](C(O)(c2ccccc2)c2ccccc2)O1.[Ti]. The molecule has 0 bridgehead atoms. The van der Waals surface area contributed by atoms with E-state index in [-0.39, 0.29) is 62.2 Å². The second-order valence-corrected chi connectivity index (χ2v) is 27.3. The van der Waals surface area contributed by atoms with Crippen molar-refractivity contribution in [3.05, 3.63) is 219 Å². The zero-order valence-corrected chi connectivity index (χ0v) is 54.5. The molecule has 1 heterocycles. The van der Waals surface area contributed by atoms with E-state index < -0.39 is 29.2 Å². The summed E-state index contributed by atoms with van der Waals surface area (Å²) in [5.74, 6) is -0.593. The number of benzene rings is 6. The number of hydrogen-bond donors (Lipinski definition) is 6. The molecule has 6 N–H and O–H groups in total. The molecule has 0 aromatic heterocycles. The van der Waals surface area contributed by atoms with Crippen LogP contribution in [-0.2, 0) is 69.5 Å². The minimum Gasteiger partial charge on any atom is -0.396 e. The summed E-state index contributed by atoms with van der Waals surface area (Å²) >= 11 is 0. The number of hydrogen-bond acceptors (Lipinski definition) is 8. The first-order chi connectivity index (χ1) is 38.3. The molecule has 448 valence electrons. The van der Waals surface area contributed by atoms with Gasteiger partial charge in [0.25, 0.3) is 0 Å². The largest absolute Gasteiger partial charge is 0.396 e. The van der Waals surface area contributed by atoms with E-state index in [9.17, 15) is 15.3 Å². The standard InChI is InChI=1S/C31H30O4.C19H28O.C18H26O.2C3H8O.Ti/c1-29(2)34-27(30(32,23-15-7-3-8-16-23)24-17-9-4-10-18-24)28(35-29)31(33,25-19-11-5-12-20-25)26-21-13-6-14-22-26;1-17(2)8-9-18(3,4)16-10-13(6-7-15(16)17)19(5)11-14(19)12-20;1-13(8-11-19)14-6-7-15-16(12-14)18(4,5)10-9-17(15,2)3;2*1-3(2)4;/h3-22,27-28,32-33H,1-2H3;6-7,10,14,20H,8-9,11-12H2,1-5H3;6-8,12,19H,9-11H2,1-5H3;2*3-4H,1-2H3;/b;;13-8-;;;/t27-,28-;14-,19+;;;;/m10..../s1. The Labute approximate surface area is 514 Å². The van der Waals surface area contributed by atoms with Gasteiger partial charge in [-0.05, 0) is 175 Å². The fourth-order valence-electron chi connectivity index (χ4n) is 12.2. The molecule has 8 nitrogen and oxygen atoms in total. The van der Waals surface area contributed by atoms with E-state index in [1.807, 2.05) is 141 Å². The fourth-order valence-corrected chi connectivity index (χ4v) is 12.2. The number of aliphatic hydroxyl groups is 6. The summed E-state index contributed by atoms with van der Waals surface area (Å²) in [5.41, 5.74) is 10.6. The van der Waals surface area contributed by atoms with Crippen LogP contribution in [0.2, 0.25) is 0 Å². The maximum Gasteiger partial charge on any atom is 0.164 e. The van der Waals surface area contributed by atoms with Gasteiger partial charge in [-0.25, -0.2) is 0 Å². The van der Waals surface area contributed by atoms with Crippen molar-refractivity contribution >= 4 is 5.57 Å². The van der Waals surface area contributed by atoms with E-state index in [1.54, 1.807) is 27.7 Å². The van der Waals surface area contributed by atoms with Gasteiger partial charge in [0.05, 0.1) is 6.61 Å². The molecule has 1 saturated carbocycles. The van der Waals surface area contributed by atoms with Crippen LogP contribution in [0.3, 0.4) is 0 Å². The molecule has 0 spiro atoms. The van der Waals surface area contributed by atoms with Gasteiger partial charge in [0.15, 0.2) is 5.79 Å². The predicted molar refractivity (Wildman–Crippen MR) is 337 cm³/mol. The summed E-state index contributed by atoms with van der Waals surface area (Å²) in [5, 5.41) is 59.8. The molecule has 2 fully saturated rings. The van der Waals surface area contributed by atoms with Crippen molar-refractivity contribution in [3.8, 4) is 0 Å². The summed E-state index contributed by atoms with van der Waals surface area (Å²) in [6.45, 7) is 34.2. The van der Waals surface area contributed by atoms with Crippen molar-refractivity contribution in [3.63, 3.8) is 0 Å². The van der Waals surface area contributed by atoms with E-state index in [1.165, 1.54) is 59.1 Å². The Morgan fingerprint density at radius 1 is 0.494 bits per heavy atom. The summed E-state index contributed by atoms with van der Waals surface area (Å²) in [4.78, 5) is 0. The molecule has 9 heteroatoms. The molecule has 6 aromatic rings. The van der Waals surface area contributed by atoms with Crippen LogP contribution in [0.25, 0.3) is 5.57 Å². The second-order valence-electron chi connectivity index (χ2n) is 27.3.